The number of para-hydroxylation sites is 1. The van der Waals surface area contributed by atoms with Gasteiger partial charge in [-0.3, -0.25) is 14.5 Å². The predicted octanol–water partition coefficient (Wildman–Crippen LogP) is 4.62. The minimum Gasteiger partial charge on any atom is -0.497 e. The lowest BCUT2D eigenvalue weighted by Crippen LogP contribution is -2.13. The average Bonchev–Trinajstić information content (AvgIpc) is 3.54. The quantitative estimate of drug-likeness (QED) is 0.515. The molecule has 1 aliphatic carbocycles. The maximum Gasteiger partial charge on any atom is 0.256 e. The molecule has 2 aromatic heterocycles. The van der Waals surface area contributed by atoms with Crippen LogP contribution in [0.3, 0.4) is 0 Å². The molecule has 5 rings (SSSR count). The topological polar surface area (TPSA) is 69.0 Å². The van der Waals surface area contributed by atoms with Crippen LogP contribution in [0.2, 0.25) is 0 Å². The Kier molecular flexibility index (Phi) is 4.67. The summed E-state index contributed by atoms with van der Waals surface area (Å²) in [7, 11) is 1.65. The highest BCUT2D eigenvalue weighted by molar-refractivity contribution is 6.12. The van der Waals surface area contributed by atoms with Crippen molar-refractivity contribution in [1.29, 1.82) is 0 Å². The fourth-order valence-electron chi connectivity index (χ4n) is 3.64. The number of amides is 1. The summed E-state index contributed by atoms with van der Waals surface area (Å²) in [6, 6.07) is 17.6. The van der Waals surface area contributed by atoms with E-state index in [-0.39, 0.29) is 5.91 Å². The second kappa shape index (κ2) is 7.63. The van der Waals surface area contributed by atoms with Crippen LogP contribution < -0.4 is 10.1 Å². The zero-order valence-corrected chi connectivity index (χ0v) is 16.7. The first-order valence-electron chi connectivity index (χ1n) is 10.1. The van der Waals surface area contributed by atoms with Gasteiger partial charge in [0.1, 0.15) is 5.75 Å². The van der Waals surface area contributed by atoms with Crippen LogP contribution in [0.4, 0.5) is 5.69 Å². The van der Waals surface area contributed by atoms with Crippen molar-refractivity contribution in [3.63, 3.8) is 0 Å². The minimum atomic E-state index is -0.142. The fraction of sp³-hybridized carbons (Fsp3) is 0.208. The Hall–Kier alpha value is -3.67. The van der Waals surface area contributed by atoms with Gasteiger partial charge >= 0.3 is 0 Å². The van der Waals surface area contributed by atoms with Gasteiger partial charge in [-0.05, 0) is 42.7 Å². The highest BCUT2D eigenvalue weighted by Gasteiger charge is 2.27. The molecule has 1 fully saturated rings. The van der Waals surface area contributed by atoms with Crippen molar-refractivity contribution < 1.29 is 9.53 Å². The van der Waals surface area contributed by atoms with Crippen LogP contribution >= 0.6 is 0 Å². The number of rotatable bonds is 6. The molecule has 1 amide bonds. The van der Waals surface area contributed by atoms with Gasteiger partial charge in [0.2, 0.25) is 0 Å². The van der Waals surface area contributed by atoms with Gasteiger partial charge in [0, 0.05) is 23.2 Å². The molecule has 2 aromatic carbocycles. The predicted molar refractivity (Wildman–Crippen MR) is 116 cm³/mol. The van der Waals surface area contributed by atoms with E-state index in [1.54, 1.807) is 18.0 Å². The number of aromatic nitrogens is 3. The van der Waals surface area contributed by atoms with E-state index in [0.29, 0.717) is 23.7 Å². The molecule has 0 spiro atoms. The highest BCUT2D eigenvalue weighted by atomic mass is 16.5. The fourth-order valence-corrected chi connectivity index (χ4v) is 3.64. The Balaban J connectivity index is 1.37. The largest absolute Gasteiger partial charge is 0.497 e. The maximum atomic E-state index is 13.1. The monoisotopic (exact) mass is 398 g/mol. The maximum absolute atomic E-state index is 13.1. The molecule has 6 heteroatoms. The molecule has 150 valence electrons. The van der Waals surface area contributed by atoms with Crippen LogP contribution in [0, 0.1) is 0 Å². The van der Waals surface area contributed by atoms with Crippen molar-refractivity contribution in [2.75, 3.05) is 12.4 Å². The molecule has 0 saturated heterocycles. The number of nitrogens with one attached hydrogen (secondary N) is 1. The number of pyridine rings is 1. The molecule has 0 bridgehead atoms. The molecule has 0 aliphatic heterocycles. The molecule has 1 aliphatic rings. The van der Waals surface area contributed by atoms with E-state index in [1.165, 1.54) is 0 Å². The van der Waals surface area contributed by atoms with Gasteiger partial charge in [-0.25, -0.2) is 0 Å². The SMILES string of the molecule is COc1cccc(Cn2cc(NC(=O)c3cc(C4CC4)nc4ccccc34)cn2)c1. The lowest BCUT2D eigenvalue weighted by molar-refractivity contribution is 0.102. The number of anilines is 1. The average molecular weight is 398 g/mol. The van der Waals surface area contributed by atoms with Gasteiger partial charge in [-0.1, -0.05) is 30.3 Å². The van der Waals surface area contributed by atoms with Crippen molar-refractivity contribution in [3.8, 4) is 5.75 Å². The summed E-state index contributed by atoms with van der Waals surface area (Å²) in [6.45, 7) is 0.594. The highest BCUT2D eigenvalue weighted by Crippen LogP contribution is 2.40. The van der Waals surface area contributed by atoms with Crippen LogP contribution in [0.1, 0.15) is 40.4 Å². The number of nitrogens with zero attached hydrogens (tertiary/aromatic N) is 3. The van der Waals surface area contributed by atoms with Gasteiger partial charge in [-0.15, -0.1) is 0 Å². The standard InChI is InChI=1S/C24H22N4O2/c1-30-19-6-4-5-16(11-19)14-28-15-18(13-25-28)26-24(29)21-12-23(17-9-10-17)27-22-8-3-2-7-20(21)22/h2-8,11-13,15,17H,9-10,14H2,1H3,(H,26,29). The first-order valence-corrected chi connectivity index (χ1v) is 10.1. The van der Waals surface area contributed by atoms with E-state index in [0.717, 1.165) is 40.8 Å². The Labute approximate surface area is 174 Å². The normalized spacial score (nSPS) is 13.4. The third-order valence-corrected chi connectivity index (χ3v) is 5.35. The summed E-state index contributed by atoms with van der Waals surface area (Å²) in [5.74, 6) is 1.15. The summed E-state index contributed by atoms with van der Waals surface area (Å²) >= 11 is 0. The summed E-state index contributed by atoms with van der Waals surface area (Å²) < 4.78 is 7.07. The first-order chi connectivity index (χ1) is 14.7. The molecule has 4 aromatic rings. The number of hydrogen-bond donors (Lipinski definition) is 1. The van der Waals surface area contributed by atoms with Gasteiger partial charge in [-0.2, -0.15) is 5.10 Å². The Morgan fingerprint density at radius 2 is 2.03 bits per heavy atom. The van der Waals surface area contributed by atoms with Crippen molar-refractivity contribution in [2.45, 2.75) is 25.3 Å². The third-order valence-electron chi connectivity index (χ3n) is 5.35. The summed E-state index contributed by atoms with van der Waals surface area (Å²) in [5, 5.41) is 8.24. The zero-order chi connectivity index (χ0) is 20.5. The third kappa shape index (κ3) is 3.76. The van der Waals surface area contributed by atoms with E-state index in [1.807, 2.05) is 60.8 Å². The number of carbonyl (C=O) groups is 1. The molecule has 1 N–H and O–H groups in total. The van der Waals surface area contributed by atoms with Crippen LogP contribution in [0.5, 0.6) is 5.75 Å². The van der Waals surface area contributed by atoms with Gasteiger partial charge in [0.15, 0.2) is 0 Å². The van der Waals surface area contributed by atoms with Gasteiger partial charge in [0.05, 0.1) is 36.6 Å². The number of methoxy groups -OCH3 is 1. The molecular weight excluding hydrogens is 376 g/mol. The number of benzene rings is 2. The molecule has 6 nitrogen and oxygen atoms in total. The smallest absolute Gasteiger partial charge is 0.256 e. The molecule has 0 unspecified atom stereocenters. The van der Waals surface area contributed by atoms with E-state index in [9.17, 15) is 4.79 Å². The van der Waals surface area contributed by atoms with Crippen LogP contribution in [-0.4, -0.2) is 27.8 Å². The molecule has 30 heavy (non-hydrogen) atoms. The summed E-state index contributed by atoms with van der Waals surface area (Å²) in [6.07, 6.45) is 5.79. The summed E-state index contributed by atoms with van der Waals surface area (Å²) in [5.41, 5.74) is 4.26. The van der Waals surface area contributed by atoms with Gasteiger partial charge < -0.3 is 10.1 Å². The van der Waals surface area contributed by atoms with Crippen molar-refractivity contribution in [2.24, 2.45) is 0 Å². The lowest BCUT2D eigenvalue weighted by atomic mass is 10.1. The van der Waals surface area contributed by atoms with Crippen molar-refractivity contribution in [3.05, 3.63) is 83.8 Å². The number of hydrogen-bond acceptors (Lipinski definition) is 4. The second-order valence-corrected chi connectivity index (χ2v) is 7.62. The van der Waals surface area contributed by atoms with Crippen LogP contribution in [0.15, 0.2) is 67.0 Å². The van der Waals surface area contributed by atoms with Gasteiger partial charge in [0.25, 0.3) is 5.91 Å². The summed E-state index contributed by atoms with van der Waals surface area (Å²) in [4.78, 5) is 17.8. The Morgan fingerprint density at radius 1 is 1.17 bits per heavy atom. The number of fused-ring (bicyclic) bond motifs is 1. The van der Waals surface area contributed by atoms with Crippen molar-refractivity contribution >= 4 is 22.5 Å². The Bertz CT molecular complexity index is 1230. The van der Waals surface area contributed by atoms with E-state index in [2.05, 4.69) is 10.4 Å². The number of ether oxygens (including phenoxy) is 1. The van der Waals surface area contributed by atoms with E-state index < -0.39 is 0 Å². The molecule has 1 saturated carbocycles. The zero-order valence-electron chi connectivity index (χ0n) is 16.7. The van der Waals surface area contributed by atoms with Crippen LogP contribution in [-0.2, 0) is 6.54 Å². The first kappa shape index (κ1) is 18.4. The van der Waals surface area contributed by atoms with Crippen LogP contribution in [0.25, 0.3) is 10.9 Å². The van der Waals surface area contributed by atoms with Crippen molar-refractivity contribution in [1.82, 2.24) is 14.8 Å². The number of carbonyl (C=O) groups excluding carboxylic acids is 1. The minimum absolute atomic E-state index is 0.142. The molecule has 2 heterocycles. The molecular formula is C24H22N4O2. The molecule has 0 atom stereocenters. The van der Waals surface area contributed by atoms with E-state index >= 15 is 0 Å². The molecule has 0 radical (unpaired) electrons. The van der Waals surface area contributed by atoms with E-state index in [4.69, 9.17) is 9.72 Å². The lowest BCUT2D eigenvalue weighted by Gasteiger charge is -2.09. The second-order valence-electron chi connectivity index (χ2n) is 7.62. The Morgan fingerprint density at radius 3 is 2.87 bits per heavy atom.